The highest BCUT2D eigenvalue weighted by molar-refractivity contribution is 5.81. The van der Waals surface area contributed by atoms with Crippen LogP contribution in [0.2, 0.25) is 0 Å². The second kappa shape index (κ2) is 6.12. The van der Waals surface area contributed by atoms with E-state index < -0.39 is 0 Å². The first-order valence-corrected chi connectivity index (χ1v) is 7.24. The Kier molecular flexibility index (Phi) is 4.02. The van der Waals surface area contributed by atoms with Gasteiger partial charge in [-0.3, -0.25) is 0 Å². The third kappa shape index (κ3) is 2.42. The number of nitrogens with zero attached hydrogens (tertiary/aromatic N) is 1. The maximum Gasteiger partial charge on any atom is 0.127 e. The second-order valence-electron chi connectivity index (χ2n) is 5.11. The molecule has 0 unspecified atom stereocenters. The lowest BCUT2D eigenvalue weighted by Gasteiger charge is -2.11. The molecule has 1 N–H and O–H groups in total. The molecule has 1 aromatic carbocycles. The van der Waals surface area contributed by atoms with Crippen molar-refractivity contribution in [3.8, 4) is 22.6 Å². The monoisotopic (exact) mass is 296 g/mol. The molecule has 2 aromatic heterocycles. The summed E-state index contributed by atoms with van der Waals surface area (Å²) < 4.78 is 13.1. The molecule has 0 atom stereocenters. The van der Waals surface area contributed by atoms with Gasteiger partial charge in [0.05, 0.1) is 19.7 Å². The van der Waals surface area contributed by atoms with E-state index in [1.165, 1.54) is 11.1 Å². The van der Waals surface area contributed by atoms with Gasteiger partial charge in [-0.15, -0.1) is 0 Å². The average Bonchev–Trinajstić information content (AvgIpc) is 2.93. The van der Waals surface area contributed by atoms with Gasteiger partial charge in [0, 0.05) is 30.1 Å². The van der Waals surface area contributed by atoms with E-state index in [0.717, 1.165) is 29.2 Å². The van der Waals surface area contributed by atoms with Crippen molar-refractivity contribution in [2.75, 3.05) is 21.3 Å². The Hall–Kier alpha value is -2.46. The van der Waals surface area contributed by atoms with Crippen LogP contribution in [0, 0.1) is 0 Å². The van der Waals surface area contributed by atoms with E-state index >= 15 is 0 Å². The predicted molar refractivity (Wildman–Crippen MR) is 88.7 cm³/mol. The summed E-state index contributed by atoms with van der Waals surface area (Å²) in [5.41, 5.74) is 4.62. The van der Waals surface area contributed by atoms with E-state index in [9.17, 15) is 0 Å². The van der Waals surface area contributed by atoms with Gasteiger partial charge in [0.1, 0.15) is 11.5 Å². The first-order valence-electron chi connectivity index (χ1n) is 7.24. The highest BCUT2D eigenvalue weighted by Gasteiger charge is 2.16. The van der Waals surface area contributed by atoms with Gasteiger partial charge >= 0.3 is 0 Å². The van der Waals surface area contributed by atoms with Crippen molar-refractivity contribution >= 4 is 5.52 Å². The highest BCUT2D eigenvalue weighted by atomic mass is 16.5. The SMILES string of the molecule is CNCc1c(-c2cc(OC)ccc2OC)cn2ccccc12. The third-order valence-corrected chi connectivity index (χ3v) is 3.84. The normalized spacial score (nSPS) is 10.9. The predicted octanol–water partition coefficient (Wildman–Crippen LogP) is 3.34. The Bertz CT molecular complexity index is 793. The number of ether oxygens (including phenoxy) is 2. The molecule has 114 valence electrons. The summed E-state index contributed by atoms with van der Waals surface area (Å²) in [6.07, 6.45) is 4.20. The van der Waals surface area contributed by atoms with E-state index in [0.29, 0.717) is 0 Å². The molecule has 0 fully saturated rings. The Morgan fingerprint density at radius 2 is 1.91 bits per heavy atom. The molecule has 3 aromatic rings. The van der Waals surface area contributed by atoms with E-state index in [-0.39, 0.29) is 0 Å². The Labute approximate surface area is 130 Å². The van der Waals surface area contributed by atoms with E-state index in [4.69, 9.17) is 9.47 Å². The number of hydrogen-bond donors (Lipinski definition) is 1. The van der Waals surface area contributed by atoms with Gasteiger partial charge in [-0.2, -0.15) is 0 Å². The molecule has 0 radical (unpaired) electrons. The second-order valence-corrected chi connectivity index (χ2v) is 5.11. The van der Waals surface area contributed by atoms with Crippen LogP contribution in [-0.4, -0.2) is 25.7 Å². The van der Waals surface area contributed by atoms with Crippen molar-refractivity contribution < 1.29 is 9.47 Å². The summed E-state index contributed by atoms with van der Waals surface area (Å²) in [5.74, 6) is 1.66. The Morgan fingerprint density at radius 1 is 1.05 bits per heavy atom. The van der Waals surface area contributed by atoms with Crippen LogP contribution in [0.15, 0.2) is 48.8 Å². The number of hydrogen-bond acceptors (Lipinski definition) is 3. The van der Waals surface area contributed by atoms with Crippen molar-refractivity contribution in [1.82, 2.24) is 9.72 Å². The van der Waals surface area contributed by atoms with Crippen molar-refractivity contribution in [1.29, 1.82) is 0 Å². The molecular formula is C18H20N2O2. The molecule has 22 heavy (non-hydrogen) atoms. The minimum atomic E-state index is 0.788. The van der Waals surface area contributed by atoms with Crippen LogP contribution in [0.25, 0.3) is 16.6 Å². The van der Waals surface area contributed by atoms with Gasteiger partial charge in [0.15, 0.2) is 0 Å². The summed E-state index contributed by atoms with van der Waals surface area (Å²) >= 11 is 0. The fraction of sp³-hybridized carbons (Fsp3) is 0.222. The first-order chi connectivity index (χ1) is 10.8. The van der Waals surface area contributed by atoms with Crippen molar-refractivity contribution in [3.63, 3.8) is 0 Å². The molecular weight excluding hydrogens is 276 g/mol. The van der Waals surface area contributed by atoms with Gasteiger partial charge < -0.3 is 19.2 Å². The fourth-order valence-electron chi connectivity index (χ4n) is 2.80. The molecule has 2 heterocycles. The maximum absolute atomic E-state index is 5.54. The van der Waals surface area contributed by atoms with Gasteiger partial charge in [0.2, 0.25) is 0 Å². The van der Waals surface area contributed by atoms with Crippen LogP contribution in [0.4, 0.5) is 0 Å². The number of benzene rings is 1. The lowest BCUT2D eigenvalue weighted by Crippen LogP contribution is -2.05. The molecule has 0 saturated carbocycles. The molecule has 0 amide bonds. The standard InChI is InChI=1S/C18H20N2O2/c1-19-11-15-16(12-20-9-5-4-6-17(15)20)14-10-13(21-2)7-8-18(14)22-3/h4-10,12,19H,11H2,1-3H3. The average molecular weight is 296 g/mol. The van der Waals surface area contributed by atoms with Gasteiger partial charge in [0.25, 0.3) is 0 Å². The summed E-state index contributed by atoms with van der Waals surface area (Å²) in [6.45, 7) is 0.788. The molecule has 4 nitrogen and oxygen atoms in total. The van der Waals surface area contributed by atoms with Crippen LogP contribution >= 0.6 is 0 Å². The van der Waals surface area contributed by atoms with Crippen molar-refractivity contribution in [2.45, 2.75) is 6.54 Å². The number of fused-ring (bicyclic) bond motifs is 1. The molecule has 0 bridgehead atoms. The summed E-state index contributed by atoms with van der Waals surface area (Å²) in [7, 11) is 5.33. The van der Waals surface area contributed by atoms with Crippen LogP contribution in [0.5, 0.6) is 11.5 Å². The molecule has 0 aliphatic rings. The third-order valence-electron chi connectivity index (χ3n) is 3.84. The molecule has 0 aliphatic heterocycles. The first kappa shape index (κ1) is 14.5. The van der Waals surface area contributed by atoms with E-state index in [2.05, 4.69) is 34.2 Å². The zero-order chi connectivity index (χ0) is 15.5. The van der Waals surface area contributed by atoms with Crippen molar-refractivity contribution in [3.05, 3.63) is 54.4 Å². The topological polar surface area (TPSA) is 34.9 Å². The van der Waals surface area contributed by atoms with Gasteiger partial charge in [-0.25, -0.2) is 0 Å². The lowest BCUT2D eigenvalue weighted by atomic mass is 10.0. The minimum Gasteiger partial charge on any atom is -0.497 e. The maximum atomic E-state index is 5.54. The zero-order valence-electron chi connectivity index (χ0n) is 13.1. The number of pyridine rings is 1. The summed E-state index contributed by atoms with van der Waals surface area (Å²) in [5, 5.41) is 3.25. The fourth-order valence-corrected chi connectivity index (χ4v) is 2.80. The number of rotatable bonds is 5. The lowest BCUT2D eigenvalue weighted by molar-refractivity contribution is 0.404. The minimum absolute atomic E-state index is 0.788. The summed E-state index contributed by atoms with van der Waals surface area (Å²) in [4.78, 5) is 0. The molecule has 0 spiro atoms. The van der Waals surface area contributed by atoms with Gasteiger partial charge in [-0.1, -0.05) is 6.07 Å². The van der Waals surface area contributed by atoms with Crippen LogP contribution in [-0.2, 0) is 6.54 Å². The number of methoxy groups -OCH3 is 2. The molecule has 0 aliphatic carbocycles. The van der Waals surface area contributed by atoms with Crippen LogP contribution < -0.4 is 14.8 Å². The largest absolute Gasteiger partial charge is 0.497 e. The number of aromatic nitrogens is 1. The zero-order valence-corrected chi connectivity index (χ0v) is 13.1. The van der Waals surface area contributed by atoms with Gasteiger partial charge in [-0.05, 0) is 42.9 Å². The molecule has 0 saturated heterocycles. The van der Waals surface area contributed by atoms with Crippen LogP contribution in [0.3, 0.4) is 0 Å². The smallest absolute Gasteiger partial charge is 0.127 e. The Balaban J connectivity index is 2.27. The highest BCUT2D eigenvalue weighted by Crippen LogP contribution is 2.37. The van der Waals surface area contributed by atoms with E-state index in [1.54, 1.807) is 14.2 Å². The van der Waals surface area contributed by atoms with Crippen LogP contribution in [0.1, 0.15) is 5.56 Å². The van der Waals surface area contributed by atoms with E-state index in [1.807, 2.05) is 31.3 Å². The molecule has 4 heteroatoms. The number of nitrogens with one attached hydrogen (secondary N) is 1. The van der Waals surface area contributed by atoms with Crippen molar-refractivity contribution in [2.24, 2.45) is 0 Å². The summed E-state index contributed by atoms with van der Waals surface area (Å²) in [6, 6.07) is 12.1. The molecule has 3 rings (SSSR count). The Morgan fingerprint density at radius 3 is 2.64 bits per heavy atom. The quantitative estimate of drug-likeness (QED) is 0.784.